The molecule has 0 radical (unpaired) electrons. The van der Waals surface area contributed by atoms with Crippen molar-refractivity contribution in [3.05, 3.63) is 82.7 Å². The average molecular weight is 538 g/mol. The highest BCUT2D eigenvalue weighted by molar-refractivity contribution is 8.93. The van der Waals surface area contributed by atoms with Gasteiger partial charge in [0.05, 0.1) is 43.9 Å². The number of anilines is 2. The summed E-state index contributed by atoms with van der Waals surface area (Å²) in [6.07, 6.45) is 1.10. The number of rotatable bonds is 7. The van der Waals surface area contributed by atoms with Crippen molar-refractivity contribution in [2.24, 2.45) is 0 Å². The van der Waals surface area contributed by atoms with Crippen molar-refractivity contribution in [1.82, 2.24) is 0 Å². The third-order valence-corrected chi connectivity index (χ3v) is 6.83. The molecule has 0 spiro atoms. The molecule has 0 aliphatic heterocycles. The summed E-state index contributed by atoms with van der Waals surface area (Å²) in [5.74, 6) is 0. The van der Waals surface area contributed by atoms with Crippen LogP contribution >= 0.6 is 17.0 Å². The second-order valence-corrected chi connectivity index (χ2v) is 8.87. The van der Waals surface area contributed by atoms with Crippen molar-refractivity contribution < 1.29 is 9.05 Å². The summed E-state index contributed by atoms with van der Waals surface area (Å²) < 4.78 is 3.54. The van der Waals surface area contributed by atoms with E-state index in [0.29, 0.717) is 0 Å². The summed E-state index contributed by atoms with van der Waals surface area (Å²) in [5.41, 5.74) is 31.2. The van der Waals surface area contributed by atoms with Crippen molar-refractivity contribution >= 4 is 50.0 Å². The van der Waals surface area contributed by atoms with E-state index in [-0.39, 0.29) is 17.0 Å². The summed E-state index contributed by atoms with van der Waals surface area (Å²) in [6.45, 7) is 8.93. The standard InChI is InChI=1S/C27H33N4.BrH.N3/c1-4-31(3,5-2)17-9-16-30-26-19-22(29)13-15-24(26)23-14-12-21(28)18-25(23)27(30)20-10-7-6-8-11-20;;1-3-2/h6-8,10-15,18-19,29H,4-5,9,16-17,28H2,1-3H3;1H;/q+1;;-1/p+1. The molecule has 4 aromatic rings. The second kappa shape index (κ2) is 12.4. The van der Waals surface area contributed by atoms with E-state index in [1.807, 2.05) is 12.1 Å². The first-order chi connectivity index (χ1) is 16.4. The molecule has 0 saturated heterocycles. The molecule has 0 bridgehead atoms. The maximum atomic E-state index is 6.75. The molecule has 0 unspecified atom stereocenters. The Morgan fingerprint density at radius 1 is 0.829 bits per heavy atom. The fourth-order valence-corrected chi connectivity index (χ4v) is 4.55. The number of hydrogen-bond donors (Lipinski definition) is 2. The number of aromatic nitrogens is 1. The van der Waals surface area contributed by atoms with Gasteiger partial charge in [-0.05, 0) is 50.2 Å². The van der Waals surface area contributed by atoms with Crippen LogP contribution in [0.5, 0.6) is 0 Å². The summed E-state index contributed by atoms with van der Waals surface area (Å²) in [4.78, 5) is 1.50. The molecule has 4 N–H and O–H groups in total. The second-order valence-electron chi connectivity index (χ2n) is 8.87. The third kappa shape index (κ3) is 6.22. The van der Waals surface area contributed by atoms with Crippen molar-refractivity contribution in [1.29, 1.82) is 0 Å². The maximum absolute atomic E-state index is 6.75. The molecule has 0 aliphatic rings. The van der Waals surface area contributed by atoms with Gasteiger partial charge in [0.2, 0.25) is 11.2 Å². The van der Waals surface area contributed by atoms with Gasteiger partial charge in [0.15, 0.2) is 6.54 Å². The zero-order chi connectivity index (χ0) is 24.7. The predicted molar refractivity (Wildman–Crippen MR) is 153 cm³/mol. The van der Waals surface area contributed by atoms with Crippen LogP contribution in [0, 0.1) is 0 Å². The number of aryl methyl sites for hydroxylation is 1. The van der Waals surface area contributed by atoms with Gasteiger partial charge < -0.3 is 27.0 Å². The fraction of sp³-hybridized carbons (Fsp3) is 0.296. The Balaban J connectivity index is 0.00000103. The molecular formula is C27H35BrN7+. The molecule has 184 valence electrons. The minimum atomic E-state index is 0. The first-order valence-electron chi connectivity index (χ1n) is 11.7. The lowest BCUT2D eigenvalue weighted by Gasteiger charge is -2.31. The fourth-order valence-electron chi connectivity index (χ4n) is 4.55. The number of hydrogen-bond acceptors (Lipinski definition) is 2. The highest BCUT2D eigenvalue weighted by atomic mass is 79.9. The number of nitrogens with two attached hydrogens (primary N) is 2. The quantitative estimate of drug-likeness (QED) is 0.0538. The van der Waals surface area contributed by atoms with Crippen molar-refractivity contribution in [2.75, 3.05) is 38.1 Å². The van der Waals surface area contributed by atoms with Crippen LogP contribution < -0.4 is 16.0 Å². The first kappa shape index (κ1) is 27.9. The molecule has 4 rings (SSSR count). The van der Waals surface area contributed by atoms with Crippen LogP contribution in [0.25, 0.3) is 48.9 Å². The zero-order valence-electron chi connectivity index (χ0n) is 20.7. The zero-order valence-corrected chi connectivity index (χ0v) is 22.4. The van der Waals surface area contributed by atoms with E-state index in [1.165, 1.54) is 37.8 Å². The molecule has 7 nitrogen and oxygen atoms in total. The van der Waals surface area contributed by atoms with Gasteiger partial charge in [-0.3, -0.25) is 4.91 Å². The molecule has 0 aliphatic carbocycles. The highest BCUT2D eigenvalue weighted by Gasteiger charge is 2.25. The minimum Gasteiger partial charge on any atom is -0.399 e. The van der Waals surface area contributed by atoms with Gasteiger partial charge in [-0.2, -0.15) is 4.57 Å². The van der Waals surface area contributed by atoms with E-state index in [4.69, 9.17) is 22.5 Å². The van der Waals surface area contributed by atoms with Gasteiger partial charge in [-0.25, -0.2) is 0 Å². The van der Waals surface area contributed by atoms with Crippen LogP contribution in [0.2, 0.25) is 0 Å². The Morgan fingerprint density at radius 3 is 2.00 bits per heavy atom. The predicted octanol–water partition coefficient (Wildman–Crippen LogP) is 6.43. The Hall–Kier alpha value is -3.32. The van der Waals surface area contributed by atoms with E-state index in [2.05, 4.69) is 80.1 Å². The smallest absolute Gasteiger partial charge is 0.220 e. The number of benzene rings is 3. The summed E-state index contributed by atoms with van der Waals surface area (Å²) >= 11 is 0. The number of pyridine rings is 1. The van der Waals surface area contributed by atoms with Gasteiger partial charge in [0, 0.05) is 28.4 Å². The van der Waals surface area contributed by atoms with Crippen molar-refractivity contribution in [2.45, 2.75) is 26.8 Å². The highest BCUT2D eigenvalue weighted by Crippen LogP contribution is 2.33. The van der Waals surface area contributed by atoms with Crippen LogP contribution in [0.1, 0.15) is 20.3 Å². The van der Waals surface area contributed by atoms with Gasteiger partial charge >= 0.3 is 0 Å². The average Bonchev–Trinajstić information content (AvgIpc) is 2.84. The number of nitrogens with zero attached hydrogens (tertiary/aromatic N) is 5. The summed E-state index contributed by atoms with van der Waals surface area (Å²) in [6, 6.07) is 23.1. The lowest BCUT2D eigenvalue weighted by atomic mass is 9.98. The largest absolute Gasteiger partial charge is 0.399 e. The Bertz CT molecular complexity index is 1310. The molecule has 0 fully saturated rings. The molecule has 0 amide bonds. The molecule has 0 atom stereocenters. The molecule has 0 saturated carbocycles. The monoisotopic (exact) mass is 536 g/mol. The van der Waals surface area contributed by atoms with E-state index >= 15 is 0 Å². The Kier molecular flexibility index (Phi) is 9.89. The number of nitrogen functional groups attached to an aromatic ring is 2. The van der Waals surface area contributed by atoms with Gasteiger partial charge in [-0.1, -0.05) is 24.3 Å². The van der Waals surface area contributed by atoms with Gasteiger partial charge in [-0.15, -0.1) is 17.0 Å². The molecule has 8 heteroatoms. The molecule has 1 heterocycles. The Labute approximate surface area is 217 Å². The lowest BCUT2D eigenvalue weighted by Crippen LogP contribution is -2.46. The summed E-state index contributed by atoms with van der Waals surface area (Å²) in [7, 11) is 2.35. The van der Waals surface area contributed by atoms with E-state index in [9.17, 15) is 0 Å². The minimum absolute atomic E-state index is 0. The van der Waals surface area contributed by atoms with Crippen LogP contribution in [0.4, 0.5) is 11.4 Å². The maximum Gasteiger partial charge on any atom is 0.220 e. The number of halogens is 1. The van der Waals surface area contributed by atoms with E-state index < -0.39 is 0 Å². The number of fused-ring (bicyclic) bond motifs is 3. The van der Waals surface area contributed by atoms with Crippen LogP contribution in [0.15, 0.2) is 66.7 Å². The molecule has 35 heavy (non-hydrogen) atoms. The van der Waals surface area contributed by atoms with Crippen molar-refractivity contribution in [3.8, 4) is 11.3 Å². The third-order valence-electron chi connectivity index (χ3n) is 6.83. The van der Waals surface area contributed by atoms with Crippen molar-refractivity contribution in [3.63, 3.8) is 0 Å². The normalized spacial score (nSPS) is 10.8. The van der Waals surface area contributed by atoms with E-state index in [0.717, 1.165) is 48.5 Å². The lowest BCUT2D eigenvalue weighted by molar-refractivity contribution is -0.908. The molecular weight excluding hydrogens is 502 g/mol. The Morgan fingerprint density at radius 2 is 1.40 bits per heavy atom. The number of quaternary nitrogens is 1. The van der Waals surface area contributed by atoms with Crippen LogP contribution in [-0.2, 0) is 6.54 Å². The van der Waals surface area contributed by atoms with Crippen LogP contribution in [-0.4, -0.2) is 31.2 Å². The first-order valence-corrected chi connectivity index (χ1v) is 11.7. The van der Waals surface area contributed by atoms with Gasteiger partial charge in [0.1, 0.15) is 0 Å². The SMILES string of the molecule is Br.CC[N+](C)(CC)CCC[n+]1c(-c2ccccc2)c2cc(N)ccc2c2ccc(N)cc21.[N-]=[N+]=[N-]. The summed E-state index contributed by atoms with van der Waals surface area (Å²) in [5, 5.41) is 3.61. The topological polar surface area (TPSA) is 115 Å². The molecule has 1 aromatic heterocycles. The van der Waals surface area contributed by atoms with E-state index in [1.54, 1.807) is 0 Å². The molecule has 3 aromatic carbocycles. The van der Waals surface area contributed by atoms with Gasteiger partial charge in [0.25, 0.3) is 0 Å². The van der Waals surface area contributed by atoms with Crippen LogP contribution in [0.3, 0.4) is 0 Å².